The summed E-state index contributed by atoms with van der Waals surface area (Å²) < 4.78 is 9.59. The van der Waals surface area contributed by atoms with Crippen molar-refractivity contribution in [3.8, 4) is 5.75 Å². The number of aromatic hydroxyl groups is 1. The smallest absolute Gasteiger partial charge is 0.412 e. The van der Waals surface area contributed by atoms with Crippen LogP contribution in [0.4, 0.5) is 10.5 Å². The van der Waals surface area contributed by atoms with Gasteiger partial charge >= 0.3 is 12.1 Å². The van der Waals surface area contributed by atoms with E-state index in [2.05, 4.69) is 10.1 Å². The van der Waals surface area contributed by atoms with E-state index < -0.39 is 23.7 Å². The number of phenolic OH excluding ortho intramolecular Hbond substituents is 1. The Morgan fingerprint density at radius 3 is 2.43 bits per heavy atom. The SMILES string of the molecule is COC(=O)C(N)c1ccc(NC(=O)OC(C)(C)C)cc1O. The minimum atomic E-state index is -1.09. The summed E-state index contributed by atoms with van der Waals surface area (Å²) in [6.07, 6.45) is -0.646. The summed E-state index contributed by atoms with van der Waals surface area (Å²) in [5.74, 6) is -0.889. The Bertz CT molecular complexity index is 537. The van der Waals surface area contributed by atoms with E-state index in [-0.39, 0.29) is 11.3 Å². The van der Waals surface area contributed by atoms with Gasteiger partial charge < -0.3 is 20.3 Å². The van der Waals surface area contributed by atoms with Crippen LogP contribution in [0.15, 0.2) is 18.2 Å². The molecule has 7 nitrogen and oxygen atoms in total. The molecule has 7 heteroatoms. The molecule has 0 aromatic heterocycles. The molecule has 1 rings (SSSR count). The van der Waals surface area contributed by atoms with Crippen LogP contribution < -0.4 is 11.1 Å². The van der Waals surface area contributed by atoms with Crippen molar-refractivity contribution >= 4 is 17.7 Å². The molecule has 1 aromatic rings. The second-order valence-electron chi connectivity index (χ2n) is 5.40. The first-order valence-corrected chi connectivity index (χ1v) is 6.30. The van der Waals surface area contributed by atoms with Crippen molar-refractivity contribution < 1.29 is 24.2 Å². The molecule has 0 aliphatic heterocycles. The number of hydrogen-bond donors (Lipinski definition) is 3. The molecule has 0 fully saturated rings. The van der Waals surface area contributed by atoms with E-state index in [1.165, 1.54) is 25.3 Å². The summed E-state index contributed by atoms with van der Waals surface area (Å²) in [5.41, 5.74) is 5.54. The van der Waals surface area contributed by atoms with Crippen LogP contribution in [0.1, 0.15) is 32.4 Å². The maximum absolute atomic E-state index is 11.6. The third-order valence-electron chi connectivity index (χ3n) is 2.47. The minimum Gasteiger partial charge on any atom is -0.508 e. The van der Waals surface area contributed by atoms with Crippen LogP contribution in [0.2, 0.25) is 0 Å². The Balaban J connectivity index is 2.83. The maximum Gasteiger partial charge on any atom is 0.412 e. The van der Waals surface area contributed by atoms with Crippen molar-refractivity contribution in [3.05, 3.63) is 23.8 Å². The van der Waals surface area contributed by atoms with E-state index in [1.54, 1.807) is 20.8 Å². The molecule has 0 heterocycles. The first-order valence-electron chi connectivity index (χ1n) is 6.30. The van der Waals surface area contributed by atoms with E-state index in [4.69, 9.17) is 10.5 Å². The van der Waals surface area contributed by atoms with E-state index in [0.717, 1.165) is 0 Å². The van der Waals surface area contributed by atoms with Gasteiger partial charge in [-0.15, -0.1) is 0 Å². The van der Waals surface area contributed by atoms with E-state index >= 15 is 0 Å². The van der Waals surface area contributed by atoms with Crippen LogP contribution in [0.25, 0.3) is 0 Å². The van der Waals surface area contributed by atoms with Crippen molar-refractivity contribution in [2.24, 2.45) is 5.73 Å². The molecule has 0 bridgehead atoms. The first-order chi connectivity index (χ1) is 9.64. The minimum absolute atomic E-state index is 0.205. The lowest BCUT2D eigenvalue weighted by Gasteiger charge is -2.20. The Labute approximate surface area is 123 Å². The topological polar surface area (TPSA) is 111 Å². The standard InChI is InChI=1S/C14H20N2O5/c1-14(2,3)21-13(19)16-8-5-6-9(10(17)7-8)11(15)12(18)20-4/h5-7,11,17H,15H2,1-4H3,(H,16,19). The molecule has 0 saturated heterocycles. The number of rotatable bonds is 3. The normalized spacial score (nSPS) is 12.4. The number of carbonyl (C=O) groups excluding carboxylic acids is 2. The molecule has 1 aromatic carbocycles. The van der Waals surface area contributed by atoms with Gasteiger partial charge in [-0.2, -0.15) is 0 Å². The summed E-state index contributed by atoms with van der Waals surface area (Å²) in [7, 11) is 1.21. The zero-order valence-corrected chi connectivity index (χ0v) is 12.5. The van der Waals surface area contributed by atoms with Crippen molar-refractivity contribution in [1.29, 1.82) is 0 Å². The molecule has 21 heavy (non-hydrogen) atoms. The molecule has 0 radical (unpaired) electrons. The number of carbonyl (C=O) groups is 2. The van der Waals surface area contributed by atoms with Crippen molar-refractivity contribution in [2.45, 2.75) is 32.4 Å². The highest BCUT2D eigenvalue weighted by Crippen LogP contribution is 2.27. The summed E-state index contributed by atoms with van der Waals surface area (Å²) in [6.45, 7) is 5.22. The number of anilines is 1. The number of benzene rings is 1. The maximum atomic E-state index is 11.6. The number of phenols is 1. The van der Waals surface area contributed by atoms with Crippen molar-refractivity contribution in [2.75, 3.05) is 12.4 Å². The summed E-state index contributed by atoms with van der Waals surface area (Å²) in [4.78, 5) is 22.9. The highest BCUT2D eigenvalue weighted by Gasteiger charge is 2.21. The van der Waals surface area contributed by atoms with Crippen LogP contribution in [0, 0.1) is 0 Å². The molecule has 0 saturated carbocycles. The molecular weight excluding hydrogens is 276 g/mol. The molecule has 0 spiro atoms. The van der Waals surface area contributed by atoms with Gasteiger partial charge in [-0.3, -0.25) is 10.1 Å². The lowest BCUT2D eigenvalue weighted by atomic mass is 10.1. The van der Waals surface area contributed by atoms with Gasteiger partial charge in [0.25, 0.3) is 0 Å². The highest BCUT2D eigenvalue weighted by molar-refractivity contribution is 5.86. The second kappa shape index (κ2) is 6.45. The quantitative estimate of drug-likeness (QED) is 0.735. The highest BCUT2D eigenvalue weighted by atomic mass is 16.6. The molecular formula is C14H20N2O5. The van der Waals surface area contributed by atoms with Gasteiger partial charge in [-0.1, -0.05) is 6.07 Å². The second-order valence-corrected chi connectivity index (χ2v) is 5.40. The Morgan fingerprint density at radius 1 is 1.33 bits per heavy atom. The zero-order valence-electron chi connectivity index (χ0n) is 12.5. The number of esters is 1. The molecule has 116 valence electrons. The summed E-state index contributed by atoms with van der Waals surface area (Å²) in [6, 6.07) is 3.12. The average molecular weight is 296 g/mol. The molecule has 0 aliphatic carbocycles. The average Bonchev–Trinajstić information content (AvgIpc) is 2.34. The van der Waals surface area contributed by atoms with Crippen LogP contribution in [0.5, 0.6) is 5.75 Å². The monoisotopic (exact) mass is 296 g/mol. The van der Waals surface area contributed by atoms with E-state index in [9.17, 15) is 14.7 Å². The predicted molar refractivity (Wildman–Crippen MR) is 76.9 cm³/mol. The molecule has 1 unspecified atom stereocenters. The van der Waals surface area contributed by atoms with Crippen LogP contribution in [-0.2, 0) is 14.3 Å². The lowest BCUT2D eigenvalue weighted by Crippen LogP contribution is -2.27. The van der Waals surface area contributed by atoms with Crippen LogP contribution in [-0.4, -0.2) is 29.9 Å². The first kappa shape index (κ1) is 16.8. The van der Waals surface area contributed by atoms with Gasteiger partial charge in [0.1, 0.15) is 17.4 Å². The number of nitrogens with one attached hydrogen (secondary N) is 1. The van der Waals surface area contributed by atoms with Gasteiger partial charge in [-0.05, 0) is 26.8 Å². The molecule has 1 amide bonds. The van der Waals surface area contributed by atoms with Crippen molar-refractivity contribution in [3.63, 3.8) is 0 Å². The number of methoxy groups -OCH3 is 1. The molecule has 0 aliphatic rings. The Hall–Kier alpha value is -2.28. The van der Waals surface area contributed by atoms with E-state index in [1.807, 2.05) is 0 Å². The fourth-order valence-corrected chi connectivity index (χ4v) is 1.56. The van der Waals surface area contributed by atoms with Gasteiger partial charge in [0, 0.05) is 17.3 Å². The third kappa shape index (κ3) is 4.96. The Kier molecular flexibility index (Phi) is 5.15. The zero-order chi connectivity index (χ0) is 16.2. The third-order valence-corrected chi connectivity index (χ3v) is 2.47. The van der Waals surface area contributed by atoms with Crippen LogP contribution >= 0.6 is 0 Å². The summed E-state index contributed by atoms with van der Waals surface area (Å²) >= 11 is 0. The number of ether oxygens (including phenoxy) is 2. The largest absolute Gasteiger partial charge is 0.508 e. The number of nitrogens with two attached hydrogens (primary N) is 1. The fraction of sp³-hybridized carbons (Fsp3) is 0.429. The number of amides is 1. The van der Waals surface area contributed by atoms with Gasteiger partial charge in [-0.25, -0.2) is 4.79 Å². The molecule has 4 N–H and O–H groups in total. The van der Waals surface area contributed by atoms with Crippen LogP contribution in [0.3, 0.4) is 0 Å². The van der Waals surface area contributed by atoms with Gasteiger partial charge in [0.15, 0.2) is 0 Å². The Morgan fingerprint density at radius 2 is 1.95 bits per heavy atom. The summed E-state index contributed by atoms with van der Waals surface area (Å²) in [5, 5.41) is 12.3. The van der Waals surface area contributed by atoms with E-state index in [0.29, 0.717) is 5.69 Å². The van der Waals surface area contributed by atoms with Gasteiger partial charge in [0.2, 0.25) is 0 Å². The lowest BCUT2D eigenvalue weighted by molar-refractivity contribution is -0.142. The number of hydrogen-bond acceptors (Lipinski definition) is 6. The predicted octanol–water partition coefficient (Wildman–Crippen LogP) is 1.91. The fourth-order valence-electron chi connectivity index (χ4n) is 1.56. The van der Waals surface area contributed by atoms with Crippen molar-refractivity contribution in [1.82, 2.24) is 0 Å². The van der Waals surface area contributed by atoms with Gasteiger partial charge in [0.05, 0.1) is 7.11 Å². The molecule has 1 atom stereocenters.